The van der Waals surface area contributed by atoms with Gasteiger partial charge in [0.1, 0.15) is 23.0 Å². The van der Waals surface area contributed by atoms with E-state index in [0.717, 1.165) is 0 Å². The molecule has 1 aliphatic heterocycles. The third kappa shape index (κ3) is 4.91. The van der Waals surface area contributed by atoms with Crippen LogP contribution in [-0.2, 0) is 9.59 Å². The summed E-state index contributed by atoms with van der Waals surface area (Å²) in [6.45, 7) is 6.15. The molecule has 3 aromatic carbocycles. The SMILES string of the molecule is CCOc1cccc(/C(O)=C2\C(=O)C(=O)N(c3cccc(OC)c3)C2c2cccc(OC(C)C)c2)c1. The number of nitrogens with zero attached hydrogens (tertiary/aromatic N) is 1. The molecule has 7 heteroatoms. The van der Waals surface area contributed by atoms with Crippen molar-refractivity contribution < 1.29 is 28.9 Å². The third-order valence-corrected chi connectivity index (χ3v) is 5.74. The number of aliphatic hydroxyl groups is 1. The number of methoxy groups -OCH3 is 1. The van der Waals surface area contributed by atoms with Crippen LogP contribution in [0.2, 0.25) is 0 Å². The Balaban J connectivity index is 1.92. The van der Waals surface area contributed by atoms with Crippen LogP contribution in [0.3, 0.4) is 0 Å². The maximum absolute atomic E-state index is 13.4. The summed E-state index contributed by atoms with van der Waals surface area (Å²) < 4.78 is 16.8. The van der Waals surface area contributed by atoms with E-state index in [4.69, 9.17) is 14.2 Å². The van der Waals surface area contributed by atoms with E-state index in [2.05, 4.69) is 0 Å². The summed E-state index contributed by atoms with van der Waals surface area (Å²) in [5, 5.41) is 11.4. The Morgan fingerprint density at radius 2 is 1.64 bits per heavy atom. The zero-order valence-corrected chi connectivity index (χ0v) is 20.7. The van der Waals surface area contributed by atoms with Gasteiger partial charge in [0, 0.05) is 17.3 Å². The molecule has 186 valence electrons. The van der Waals surface area contributed by atoms with Gasteiger partial charge in [-0.3, -0.25) is 14.5 Å². The number of Topliss-reactive ketones (excluding diaryl/α,β-unsaturated/α-hetero) is 1. The Kier molecular flexibility index (Phi) is 7.29. The average molecular weight is 488 g/mol. The Morgan fingerprint density at radius 1 is 0.944 bits per heavy atom. The molecular formula is C29H29NO6. The fourth-order valence-electron chi connectivity index (χ4n) is 4.26. The van der Waals surface area contributed by atoms with Crippen LogP contribution in [-0.4, -0.2) is 36.6 Å². The van der Waals surface area contributed by atoms with E-state index in [1.54, 1.807) is 66.7 Å². The molecule has 1 aliphatic rings. The van der Waals surface area contributed by atoms with Gasteiger partial charge in [-0.2, -0.15) is 0 Å². The molecular weight excluding hydrogens is 458 g/mol. The van der Waals surface area contributed by atoms with Crippen molar-refractivity contribution in [3.63, 3.8) is 0 Å². The van der Waals surface area contributed by atoms with Gasteiger partial charge in [-0.25, -0.2) is 0 Å². The second kappa shape index (κ2) is 10.6. The molecule has 0 saturated carbocycles. The highest BCUT2D eigenvalue weighted by atomic mass is 16.5. The minimum atomic E-state index is -0.886. The number of anilines is 1. The third-order valence-electron chi connectivity index (χ3n) is 5.74. The second-order valence-electron chi connectivity index (χ2n) is 8.57. The van der Waals surface area contributed by atoms with Gasteiger partial charge >= 0.3 is 0 Å². The molecule has 3 aromatic rings. The smallest absolute Gasteiger partial charge is 0.300 e. The van der Waals surface area contributed by atoms with Gasteiger partial charge in [-0.15, -0.1) is 0 Å². The molecule has 0 spiro atoms. The number of amides is 1. The van der Waals surface area contributed by atoms with Crippen LogP contribution in [0.1, 0.15) is 37.9 Å². The lowest BCUT2D eigenvalue weighted by molar-refractivity contribution is -0.132. The number of rotatable bonds is 8. The van der Waals surface area contributed by atoms with Crippen molar-refractivity contribution in [3.05, 3.63) is 89.5 Å². The van der Waals surface area contributed by atoms with Crippen molar-refractivity contribution in [2.75, 3.05) is 18.6 Å². The molecule has 36 heavy (non-hydrogen) atoms. The maximum Gasteiger partial charge on any atom is 0.300 e. The monoisotopic (exact) mass is 487 g/mol. The number of ketones is 1. The zero-order chi connectivity index (χ0) is 25.8. The Hall–Kier alpha value is -4.26. The Labute approximate surface area is 210 Å². The number of ether oxygens (including phenoxy) is 3. The van der Waals surface area contributed by atoms with Gasteiger partial charge in [0.05, 0.1) is 31.4 Å². The molecule has 1 unspecified atom stereocenters. The fraction of sp³-hybridized carbons (Fsp3) is 0.241. The number of hydrogen-bond acceptors (Lipinski definition) is 6. The largest absolute Gasteiger partial charge is 0.507 e. The van der Waals surface area contributed by atoms with Gasteiger partial charge in [-0.05, 0) is 62.7 Å². The van der Waals surface area contributed by atoms with Crippen LogP contribution in [0.4, 0.5) is 5.69 Å². The van der Waals surface area contributed by atoms with E-state index in [0.29, 0.717) is 40.7 Å². The molecule has 0 aliphatic carbocycles. The molecule has 0 radical (unpaired) electrons. The quantitative estimate of drug-likeness (QED) is 0.256. The lowest BCUT2D eigenvalue weighted by atomic mass is 9.95. The number of hydrogen-bond donors (Lipinski definition) is 1. The van der Waals surface area contributed by atoms with Crippen molar-refractivity contribution in [1.82, 2.24) is 0 Å². The summed E-state index contributed by atoms with van der Waals surface area (Å²) in [5.74, 6) is -0.122. The molecule has 1 atom stereocenters. The van der Waals surface area contributed by atoms with E-state index < -0.39 is 17.7 Å². The van der Waals surface area contributed by atoms with Crippen molar-refractivity contribution in [3.8, 4) is 17.2 Å². The van der Waals surface area contributed by atoms with Crippen LogP contribution in [0, 0.1) is 0 Å². The topological polar surface area (TPSA) is 85.3 Å². The van der Waals surface area contributed by atoms with Gasteiger partial charge in [-0.1, -0.05) is 30.3 Å². The standard InChI is InChI=1S/C29H29NO6/c1-5-35-23-13-7-10-20(16-23)27(31)25-26(19-9-6-14-24(15-19)36-18(2)3)30(29(33)28(25)32)21-11-8-12-22(17-21)34-4/h6-18,26,31H,5H2,1-4H3/b27-25+. The molecule has 7 nitrogen and oxygen atoms in total. The van der Waals surface area contributed by atoms with E-state index in [-0.39, 0.29) is 17.4 Å². The van der Waals surface area contributed by atoms with Gasteiger partial charge in [0.25, 0.3) is 11.7 Å². The van der Waals surface area contributed by atoms with Crippen LogP contribution >= 0.6 is 0 Å². The molecule has 1 fully saturated rings. The highest BCUT2D eigenvalue weighted by Crippen LogP contribution is 2.43. The number of aliphatic hydroxyl groups excluding tert-OH is 1. The summed E-state index contributed by atoms with van der Waals surface area (Å²) in [6, 6.07) is 20.0. The maximum atomic E-state index is 13.4. The van der Waals surface area contributed by atoms with Crippen molar-refractivity contribution in [1.29, 1.82) is 0 Å². The average Bonchev–Trinajstić information content (AvgIpc) is 3.14. The lowest BCUT2D eigenvalue weighted by Gasteiger charge is -2.26. The van der Waals surface area contributed by atoms with Crippen molar-refractivity contribution in [2.24, 2.45) is 0 Å². The van der Waals surface area contributed by atoms with Gasteiger partial charge < -0.3 is 19.3 Å². The molecule has 1 N–H and O–H groups in total. The first-order valence-electron chi connectivity index (χ1n) is 11.8. The van der Waals surface area contributed by atoms with E-state index in [1.165, 1.54) is 12.0 Å². The highest BCUT2D eigenvalue weighted by Gasteiger charge is 2.47. The van der Waals surface area contributed by atoms with Crippen LogP contribution in [0.5, 0.6) is 17.2 Å². The minimum absolute atomic E-state index is 0.0156. The molecule has 4 rings (SSSR count). The van der Waals surface area contributed by atoms with Crippen LogP contribution < -0.4 is 19.1 Å². The zero-order valence-electron chi connectivity index (χ0n) is 20.7. The predicted octanol–water partition coefficient (Wildman–Crippen LogP) is 5.51. The first-order chi connectivity index (χ1) is 17.3. The molecule has 1 saturated heterocycles. The molecule has 1 heterocycles. The van der Waals surface area contributed by atoms with E-state index in [9.17, 15) is 14.7 Å². The van der Waals surface area contributed by atoms with Crippen LogP contribution in [0.15, 0.2) is 78.4 Å². The van der Waals surface area contributed by atoms with Crippen molar-refractivity contribution >= 4 is 23.1 Å². The normalized spacial score (nSPS) is 16.9. The van der Waals surface area contributed by atoms with Crippen molar-refractivity contribution in [2.45, 2.75) is 32.9 Å². The highest BCUT2D eigenvalue weighted by molar-refractivity contribution is 6.51. The summed E-state index contributed by atoms with van der Waals surface area (Å²) in [6.07, 6.45) is -0.0636. The van der Waals surface area contributed by atoms with E-state index in [1.807, 2.05) is 26.8 Å². The molecule has 1 amide bonds. The molecule has 0 aromatic heterocycles. The Morgan fingerprint density at radius 3 is 2.36 bits per heavy atom. The summed E-state index contributed by atoms with van der Waals surface area (Å²) >= 11 is 0. The molecule has 0 bridgehead atoms. The lowest BCUT2D eigenvalue weighted by Crippen LogP contribution is -2.29. The summed E-state index contributed by atoms with van der Waals surface area (Å²) in [7, 11) is 1.53. The predicted molar refractivity (Wildman–Crippen MR) is 138 cm³/mol. The fourth-order valence-corrected chi connectivity index (χ4v) is 4.26. The first-order valence-corrected chi connectivity index (χ1v) is 11.8. The first kappa shape index (κ1) is 24.9. The summed E-state index contributed by atoms with van der Waals surface area (Å²) in [5.41, 5.74) is 1.46. The van der Waals surface area contributed by atoms with E-state index >= 15 is 0 Å². The van der Waals surface area contributed by atoms with Gasteiger partial charge in [0.15, 0.2) is 0 Å². The second-order valence-corrected chi connectivity index (χ2v) is 8.57. The van der Waals surface area contributed by atoms with Crippen LogP contribution in [0.25, 0.3) is 5.76 Å². The number of carbonyl (C=O) groups is 2. The minimum Gasteiger partial charge on any atom is -0.507 e. The number of carbonyl (C=O) groups excluding carboxylic acids is 2. The number of benzene rings is 3. The van der Waals surface area contributed by atoms with Gasteiger partial charge in [0.2, 0.25) is 0 Å². The summed E-state index contributed by atoms with van der Waals surface area (Å²) in [4.78, 5) is 28.2. The Bertz CT molecular complexity index is 1310.